The van der Waals surface area contributed by atoms with Crippen LogP contribution in [0.5, 0.6) is 17.2 Å². The van der Waals surface area contributed by atoms with Crippen molar-refractivity contribution in [1.29, 1.82) is 0 Å². The second-order valence-electron chi connectivity index (χ2n) is 8.24. The van der Waals surface area contributed by atoms with Crippen molar-refractivity contribution in [1.82, 2.24) is 14.6 Å². The van der Waals surface area contributed by atoms with Crippen LogP contribution in [0.25, 0.3) is 22.4 Å². The second kappa shape index (κ2) is 11.8. The number of aromatic nitrogens is 3. The maximum absolute atomic E-state index is 13.0. The summed E-state index contributed by atoms with van der Waals surface area (Å²) in [5.41, 5.74) is 1.50. The summed E-state index contributed by atoms with van der Waals surface area (Å²) < 4.78 is 19.0. The second-order valence-corrected chi connectivity index (χ2v) is 9.25. The summed E-state index contributed by atoms with van der Waals surface area (Å²) in [6.07, 6.45) is 7.25. The third-order valence-corrected chi connectivity index (χ3v) is 6.51. The lowest BCUT2D eigenvalue weighted by Crippen LogP contribution is -2.23. The molecule has 0 aliphatic carbocycles. The summed E-state index contributed by atoms with van der Waals surface area (Å²) in [6, 6.07) is 13.3. The Kier molecular flexibility index (Phi) is 8.36. The van der Waals surface area contributed by atoms with Gasteiger partial charge in [0.05, 0.1) is 24.9 Å². The molecule has 0 unspecified atom stereocenters. The van der Waals surface area contributed by atoms with Gasteiger partial charge in [0.15, 0.2) is 17.3 Å². The molecule has 0 amide bonds. The molecule has 0 aliphatic heterocycles. The first-order valence-electron chi connectivity index (χ1n) is 12.1. The van der Waals surface area contributed by atoms with E-state index in [1.165, 1.54) is 22.3 Å². The molecule has 0 radical (unpaired) electrons. The molecule has 8 heteroatoms. The van der Waals surface area contributed by atoms with Crippen molar-refractivity contribution < 1.29 is 14.2 Å². The highest BCUT2D eigenvalue weighted by atomic mass is 32.1. The Morgan fingerprint density at radius 1 is 0.943 bits per heavy atom. The van der Waals surface area contributed by atoms with E-state index in [1.54, 1.807) is 7.11 Å². The van der Waals surface area contributed by atoms with Crippen LogP contribution in [0.15, 0.2) is 47.3 Å². The molecule has 0 N–H and O–H groups in total. The summed E-state index contributed by atoms with van der Waals surface area (Å²) in [5, 5.41) is 4.45. The number of nitrogens with zero attached hydrogens (tertiary/aromatic N) is 3. The Balaban J connectivity index is 1.52. The van der Waals surface area contributed by atoms with Crippen LogP contribution in [-0.2, 0) is 0 Å². The van der Waals surface area contributed by atoms with Crippen LogP contribution >= 0.6 is 11.3 Å². The molecule has 7 nitrogen and oxygen atoms in total. The van der Waals surface area contributed by atoms with E-state index in [0.29, 0.717) is 40.0 Å². The number of unbranched alkanes of at least 4 members (excludes halogenated alkanes) is 3. The van der Waals surface area contributed by atoms with Gasteiger partial charge in [0.25, 0.3) is 5.56 Å². The molecule has 35 heavy (non-hydrogen) atoms. The molecular weight excluding hydrogens is 462 g/mol. The van der Waals surface area contributed by atoms with Gasteiger partial charge in [-0.1, -0.05) is 50.5 Å². The van der Waals surface area contributed by atoms with Crippen LogP contribution in [0.1, 0.15) is 51.5 Å². The normalized spacial score (nSPS) is 11.8. The van der Waals surface area contributed by atoms with Crippen molar-refractivity contribution in [2.75, 3.05) is 20.3 Å². The highest BCUT2D eigenvalue weighted by molar-refractivity contribution is 7.15. The van der Waals surface area contributed by atoms with E-state index in [9.17, 15) is 4.79 Å². The lowest BCUT2D eigenvalue weighted by molar-refractivity contribution is 0.288. The maximum atomic E-state index is 13.0. The van der Waals surface area contributed by atoms with Gasteiger partial charge < -0.3 is 14.2 Å². The van der Waals surface area contributed by atoms with Crippen molar-refractivity contribution in [3.05, 3.63) is 62.9 Å². The molecular formula is C27H31N3O4S. The summed E-state index contributed by atoms with van der Waals surface area (Å²) in [5.74, 6) is 2.68. The van der Waals surface area contributed by atoms with Crippen molar-refractivity contribution in [2.45, 2.75) is 46.0 Å². The van der Waals surface area contributed by atoms with E-state index in [2.05, 4.69) is 23.9 Å². The Morgan fingerprint density at radius 3 is 2.43 bits per heavy atom. The van der Waals surface area contributed by atoms with Gasteiger partial charge in [-0.05, 0) is 60.9 Å². The van der Waals surface area contributed by atoms with Gasteiger partial charge in [0, 0.05) is 5.56 Å². The molecule has 4 rings (SSSR count). The molecule has 2 heterocycles. The summed E-state index contributed by atoms with van der Waals surface area (Å²) >= 11 is 1.31. The molecule has 0 saturated heterocycles. The molecule has 0 aliphatic rings. The fraction of sp³-hybridized carbons (Fsp3) is 0.370. The van der Waals surface area contributed by atoms with Crippen molar-refractivity contribution >= 4 is 22.4 Å². The van der Waals surface area contributed by atoms with Crippen LogP contribution in [-0.4, -0.2) is 34.9 Å². The topological polar surface area (TPSA) is 75.0 Å². The number of ether oxygens (including phenoxy) is 3. The molecule has 0 atom stereocenters. The van der Waals surface area contributed by atoms with Gasteiger partial charge in [-0.3, -0.25) is 4.79 Å². The third kappa shape index (κ3) is 6.00. The molecule has 0 spiro atoms. The number of hydrogen-bond acceptors (Lipinski definition) is 7. The first kappa shape index (κ1) is 24.7. The van der Waals surface area contributed by atoms with Crippen molar-refractivity contribution in [2.24, 2.45) is 0 Å². The Labute approximate surface area is 209 Å². The minimum Gasteiger partial charge on any atom is -0.494 e. The number of hydrogen-bond donors (Lipinski definition) is 0. The molecule has 2 aromatic heterocycles. The van der Waals surface area contributed by atoms with Crippen molar-refractivity contribution in [3.8, 4) is 28.6 Å². The average Bonchev–Trinajstić information content (AvgIpc) is 3.42. The number of thiazole rings is 1. The first-order valence-corrected chi connectivity index (χ1v) is 12.9. The Morgan fingerprint density at radius 2 is 1.71 bits per heavy atom. The zero-order valence-corrected chi connectivity index (χ0v) is 21.3. The molecule has 2 aromatic carbocycles. The van der Waals surface area contributed by atoms with Gasteiger partial charge in [-0.25, -0.2) is 0 Å². The zero-order valence-electron chi connectivity index (χ0n) is 20.5. The predicted molar refractivity (Wildman–Crippen MR) is 140 cm³/mol. The van der Waals surface area contributed by atoms with Gasteiger partial charge in [0.2, 0.25) is 4.96 Å². The average molecular weight is 494 g/mol. The lowest BCUT2D eigenvalue weighted by Gasteiger charge is -2.10. The third-order valence-electron chi connectivity index (χ3n) is 5.55. The molecule has 184 valence electrons. The molecule has 0 fully saturated rings. The van der Waals surface area contributed by atoms with Crippen LogP contribution in [0.4, 0.5) is 0 Å². The highest BCUT2D eigenvalue weighted by Crippen LogP contribution is 2.28. The Hall–Kier alpha value is -3.39. The summed E-state index contributed by atoms with van der Waals surface area (Å²) in [4.78, 5) is 18.1. The molecule has 0 bridgehead atoms. The first-order chi connectivity index (χ1) is 17.1. The largest absolute Gasteiger partial charge is 0.494 e. The SMILES string of the molecule is CCCCCOc1ccc(-c2nc3s/c(=C\c4ccc(OCCCC)c(OC)c4)c(=O)n3n2)cc1. The smallest absolute Gasteiger partial charge is 0.291 e. The molecule has 4 aromatic rings. The predicted octanol–water partition coefficient (Wildman–Crippen LogP) is 5.12. The number of methoxy groups -OCH3 is 1. The van der Waals surface area contributed by atoms with Gasteiger partial charge >= 0.3 is 0 Å². The number of benzene rings is 2. The maximum Gasteiger partial charge on any atom is 0.291 e. The van der Waals surface area contributed by atoms with E-state index in [-0.39, 0.29) is 5.56 Å². The summed E-state index contributed by atoms with van der Waals surface area (Å²) in [6.45, 7) is 5.65. The van der Waals surface area contributed by atoms with E-state index in [4.69, 9.17) is 14.2 Å². The number of rotatable bonds is 12. The zero-order chi connectivity index (χ0) is 24.6. The van der Waals surface area contributed by atoms with Crippen molar-refractivity contribution in [3.63, 3.8) is 0 Å². The van der Waals surface area contributed by atoms with E-state index in [0.717, 1.165) is 42.6 Å². The Bertz CT molecular complexity index is 1360. The van der Waals surface area contributed by atoms with E-state index >= 15 is 0 Å². The fourth-order valence-electron chi connectivity index (χ4n) is 3.57. The minimum absolute atomic E-state index is 0.193. The van der Waals surface area contributed by atoms with Crippen LogP contribution in [0.3, 0.4) is 0 Å². The monoisotopic (exact) mass is 493 g/mol. The van der Waals surface area contributed by atoms with E-state index in [1.807, 2.05) is 48.5 Å². The van der Waals surface area contributed by atoms with E-state index < -0.39 is 0 Å². The lowest BCUT2D eigenvalue weighted by atomic mass is 10.2. The van der Waals surface area contributed by atoms with Crippen LogP contribution in [0.2, 0.25) is 0 Å². The van der Waals surface area contributed by atoms with Gasteiger partial charge in [0.1, 0.15) is 5.75 Å². The fourth-order valence-corrected chi connectivity index (χ4v) is 4.48. The summed E-state index contributed by atoms with van der Waals surface area (Å²) in [7, 11) is 1.61. The highest BCUT2D eigenvalue weighted by Gasteiger charge is 2.13. The van der Waals surface area contributed by atoms with Crippen LogP contribution in [0, 0.1) is 0 Å². The van der Waals surface area contributed by atoms with Crippen LogP contribution < -0.4 is 24.3 Å². The minimum atomic E-state index is -0.193. The molecule has 0 saturated carbocycles. The van der Waals surface area contributed by atoms with Gasteiger partial charge in [-0.15, -0.1) is 5.10 Å². The van der Waals surface area contributed by atoms with Gasteiger partial charge in [-0.2, -0.15) is 9.50 Å². The number of fused-ring (bicyclic) bond motifs is 1. The standard InChI is InChI=1S/C27H31N3O4S/c1-4-6-8-16-33-21-12-10-20(11-13-21)25-28-27-30(29-25)26(31)24(35-27)18-19-9-14-22(23(17-19)32-3)34-15-7-5-2/h9-14,17-18H,4-8,15-16H2,1-3H3/b24-18-. The quantitative estimate of drug-likeness (QED) is 0.255.